The van der Waals surface area contributed by atoms with E-state index in [4.69, 9.17) is 9.52 Å². The van der Waals surface area contributed by atoms with Crippen LogP contribution in [0.5, 0.6) is 0 Å². The van der Waals surface area contributed by atoms with Gasteiger partial charge in [-0.1, -0.05) is 13.0 Å². The van der Waals surface area contributed by atoms with Crippen molar-refractivity contribution in [2.75, 3.05) is 0 Å². The van der Waals surface area contributed by atoms with Crippen molar-refractivity contribution in [3.05, 3.63) is 57.7 Å². The topological polar surface area (TPSA) is 87.7 Å². The predicted molar refractivity (Wildman–Crippen MR) is 82.2 cm³/mol. The molecular weight excluding hydrogens is 284 g/mol. The van der Waals surface area contributed by atoms with Crippen molar-refractivity contribution in [3.63, 3.8) is 0 Å². The highest BCUT2D eigenvalue weighted by Gasteiger charge is 2.13. The van der Waals surface area contributed by atoms with Crippen LogP contribution in [0.2, 0.25) is 0 Å². The maximum absolute atomic E-state index is 12.5. The summed E-state index contributed by atoms with van der Waals surface area (Å²) in [6.45, 7) is 1.86. The molecule has 22 heavy (non-hydrogen) atoms. The molecule has 0 bridgehead atoms. The normalized spacial score (nSPS) is 12.6. The minimum absolute atomic E-state index is 0.0391. The molecule has 0 aliphatic heterocycles. The van der Waals surface area contributed by atoms with Crippen LogP contribution in [0.4, 0.5) is 0 Å². The molecule has 0 amide bonds. The second-order valence-corrected chi connectivity index (χ2v) is 5.13. The maximum atomic E-state index is 12.5. The first kappa shape index (κ1) is 14.3. The molecule has 5 heteroatoms. The Morgan fingerprint density at radius 2 is 1.91 bits per heavy atom. The van der Waals surface area contributed by atoms with Gasteiger partial charge in [0.25, 0.3) is 0 Å². The number of carbonyl (C=O) groups is 1. The van der Waals surface area contributed by atoms with Gasteiger partial charge in [-0.2, -0.15) is 0 Å². The molecule has 2 aromatic carbocycles. The van der Waals surface area contributed by atoms with Crippen molar-refractivity contribution >= 4 is 27.9 Å². The minimum Gasteiger partial charge on any atom is -0.478 e. The Labute approximate surface area is 125 Å². The Bertz CT molecular complexity index is 939. The summed E-state index contributed by atoms with van der Waals surface area (Å²) in [7, 11) is 0. The Morgan fingerprint density at radius 1 is 1.14 bits per heavy atom. The highest BCUT2D eigenvalue weighted by molar-refractivity contribution is 5.96. The van der Waals surface area contributed by atoms with Crippen LogP contribution in [-0.4, -0.2) is 16.2 Å². The van der Waals surface area contributed by atoms with E-state index in [-0.39, 0.29) is 16.4 Å². The Balaban J connectivity index is 2.31. The summed E-state index contributed by atoms with van der Waals surface area (Å²) in [4.78, 5) is 23.5. The predicted octanol–water partition coefficient (Wildman–Crippen LogP) is 3.09. The molecule has 0 radical (unpaired) electrons. The molecule has 0 aliphatic carbocycles. The molecule has 0 saturated carbocycles. The van der Waals surface area contributed by atoms with E-state index >= 15 is 0 Å². The zero-order valence-corrected chi connectivity index (χ0v) is 11.9. The zero-order valence-electron chi connectivity index (χ0n) is 11.9. The quantitative estimate of drug-likeness (QED) is 0.725. The van der Waals surface area contributed by atoms with Gasteiger partial charge < -0.3 is 14.6 Å². The monoisotopic (exact) mass is 298 g/mol. The molecule has 1 aromatic heterocycles. The van der Waals surface area contributed by atoms with E-state index in [1.54, 1.807) is 18.2 Å². The van der Waals surface area contributed by atoms with Crippen LogP contribution in [0.25, 0.3) is 21.9 Å². The van der Waals surface area contributed by atoms with Gasteiger partial charge >= 0.3 is 5.97 Å². The Kier molecular flexibility index (Phi) is 3.42. The van der Waals surface area contributed by atoms with Crippen LogP contribution in [-0.2, 0) is 0 Å². The lowest BCUT2D eigenvalue weighted by Gasteiger charge is -2.09. The summed E-state index contributed by atoms with van der Waals surface area (Å²) in [6, 6.07) is 9.11. The lowest BCUT2D eigenvalue weighted by molar-refractivity contribution is 0.0697. The highest BCUT2D eigenvalue weighted by atomic mass is 16.4. The van der Waals surface area contributed by atoms with Crippen molar-refractivity contribution in [2.45, 2.75) is 19.4 Å². The first-order valence-electron chi connectivity index (χ1n) is 6.93. The SMILES string of the molecule is CCC(O)c1ccc2c(=O)c3cc(C(=O)O)ccc3oc2c1. The van der Waals surface area contributed by atoms with Gasteiger partial charge in [-0.3, -0.25) is 4.79 Å². The number of aromatic carboxylic acids is 1. The third kappa shape index (κ3) is 2.25. The second kappa shape index (κ2) is 5.27. The Morgan fingerprint density at radius 3 is 2.59 bits per heavy atom. The standard InChI is InChI=1S/C17H14O5/c1-2-13(18)9-3-5-11-15(8-9)22-14-6-4-10(17(20)21)7-12(14)16(11)19/h3-8,13,18H,2H2,1H3,(H,20,21). The van der Waals surface area contributed by atoms with Gasteiger partial charge in [0.2, 0.25) is 5.43 Å². The summed E-state index contributed by atoms with van der Waals surface area (Å²) in [5.41, 5.74) is 1.14. The van der Waals surface area contributed by atoms with E-state index in [1.165, 1.54) is 18.2 Å². The van der Waals surface area contributed by atoms with E-state index in [9.17, 15) is 14.7 Å². The van der Waals surface area contributed by atoms with E-state index in [0.29, 0.717) is 28.5 Å². The van der Waals surface area contributed by atoms with Gasteiger partial charge in [0.05, 0.1) is 22.4 Å². The lowest BCUT2D eigenvalue weighted by Crippen LogP contribution is -2.05. The van der Waals surface area contributed by atoms with Gasteiger partial charge in [-0.05, 0) is 42.3 Å². The molecule has 112 valence electrons. The molecule has 3 aromatic rings. The van der Waals surface area contributed by atoms with E-state index < -0.39 is 12.1 Å². The van der Waals surface area contributed by atoms with E-state index in [1.807, 2.05) is 6.92 Å². The smallest absolute Gasteiger partial charge is 0.335 e. The van der Waals surface area contributed by atoms with Gasteiger partial charge in [0, 0.05) is 0 Å². The molecule has 0 spiro atoms. The van der Waals surface area contributed by atoms with Crippen molar-refractivity contribution in [1.29, 1.82) is 0 Å². The minimum atomic E-state index is -1.09. The fourth-order valence-electron chi connectivity index (χ4n) is 2.45. The van der Waals surface area contributed by atoms with Gasteiger partial charge in [-0.15, -0.1) is 0 Å². The third-order valence-corrected chi connectivity index (χ3v) is 3.71. The van der Waals surface area contributed by atoms with Gasteiger partial charge in [0.15, 0.2) is 0 Å². The summed E-state index contributed by atoms with van der Waals surface area (Å²) >= 11 is 0. The van der Waals surface area contributed by atoms with Gasteiger partial charge in [0.1, 0.15) is 11.2 Å². The number of hydrogen-bond donors (Lipinski definition) is 2. The van der Waals surface area contributed by atoms with Crippen LogP contribution in [0, 0.1) is 0 Å². The number of aliphatic hydroxyl groups is 1. The number of carboxylic acids is 1. The van der Waals surface area contributed by atoms with E-state index in [0.717, 1.165) is 0 Å². The third-order valence-electron chi connectivity index (χ3n) is 3.71. The first-order valence-corrected chi connectivity index (χ1v) is 6.93. The van der Waals surface area contributed by atoms with Crippen LogP contribution in [0.1, 0.15) is 35.4 Å². The molecule has 2 N–H and O–H groups in total. The van der Waals surface area contributed by atoms with Crippen LogP contribution < -0.4 is 5.43 Å². The number of carboxylic acid groups (broad SMARTS) is 1. The molecule has 1 heterocycles. The first-order chi connectivity index (χ1) is 10.5. The number of benzene rings is 2. The summed E-state index contributed by atoms with van der Waals surface area (Å²) < 4.78 is 5.69. The van der Waals surface area contributed by atoms with Crippen molar-refractivity contribution in [1.82, 2.24) is 0 Å². The fraction of sp³-hybridized carbons (Fsp3) is 0.176. The summed E-state index contributed by atoms with van der Waals surface area (Å²) in [6.07, 6.45) is -0.0505. The molecule has 0 fully saturated rings. The Hall–Kier alpha value is -2.66. The highest BCUT2D eigenvalue weighted by Crippen LogP contribution is 2.24. The molecule has 1 atom stereocenters. The summed E-state index contributed by atoms with van der Waals surface area (Å²) in [5, 5.41) is 19.5. The second-order valence-electron chi connectivity index (χ2n) is 5.13. The number of hydrogen-bond acceptors (Lipinski definition) is 4. The average Bonchev–Trinajstić information content (AvgIpc) is 2.53. The summed E-state index contributed by atoms with van der Waals surface area (Å²) in [5.74, 6) is -1.09. The van der Waals surface area contributed by atoms with Gasteiger partial charge in [-0.25, -0.2) is 4.79 Å². The lowest BCUT2D eigenvalue weighted by atomic mass is 10.0. The van der Waals surface area contributed by atoms with Crippen LogP contribution in [0.3, 0.4) is 0 Å². The largest absolute Gasteiger partial charge is 0.478 e. The number of aliphatic hydroxyl groups excluding tert-OH is 1. The molecule has 5 nitrogen and oxygen atoms in total. The van der Waals surface area contributed by atoms with Crippen molar-refractivity contribution in [3.8, 4) is 0 Å². The molecule has 0 aliphatic rings. The van der Waals surface area contributed by atoms with Crippen molar-refractivity contribution in [2.24, 2.45) is 0 Å². The van der Waals surface area contributed by atoms with Crippen LogP contribution in [0.15, 0.2) is 45.6 Å². The van der Waals surface area contributed by atoms with Crippen LogP contribution >= 0.6 is 0 Å². The zero-order chi connectivity index (χ0) is 15.9. The number of fused-ring (bicyclic) bond motifs is 2. The molecule has 1 unspecified atom stereocenters. The molecule has 0 saturated heterocycles. The molecule has 3 rings (SSSR count). The molecular formula is C17H14O5. The fourth-order valence-corrected chi connectivity index (χ4v) is 2.45. The number of rotatable bonds is 3. The van der Waals surface area contributed by atoms with Crippen molar-refractivity contribution < 1.29 is 19.4 Å². The maximum Gasteiger partial charge on any atom is 0.335 e. The van der Waals surface area contributed by atoms with E-state index in [2.05, 4.69) is 0 Å². The average molecular weight is 298 g/mol.